The molecule has 2 unspecified atom stereocenters. The topological polar surface area (TPSA) is 132 Å². The summed E-state index contributed by atoms with van der Waals surface area (Å²) < 4.78 is 32.1. The van der Waals surface area contributed by atoms with E-state index in [9.17, 15) is 14.2 Å². The molecular weight excluding hydrogens is 667 g/mol. The highest BCUT2D eigenvalue weighted by atomic mass is 31.2. The minimum absolute atomic E-state index is 0.126. The predicted molar refractivity (Wildman–Crippen MR) is 206 cm³/mol. The molecule has 1 heterocycles. The van der Waals surface area contributed by atoms with E-state index in [4.69, 9.17) is 24.0 Å². The van der Waals surface area contributed by atoms with Crippen LogP contribution in [0.5, 0.6) is 0 Å². The Hall–Kier alpha value is -2.03. The highest BCUT2D eigenvalue weighted by Gasteiger charge is 2.36. The van der Waals surface area contributed by atoms with E-state index in [2.05, 4.69) is 60.9 Å². The Labute approximate surface area is 309 Å². The van der Waals surface area contributed by atoms with Gasteiger partial charge in [0.1, 0.15) is 6.61 Å². The number of ether oxygens (including phenoxy) is 3. The van der Waals surface area contributed by atoms with Crippen molar-refractivity contribution < 1.29 is 42.7 Å². The van der Waals surface area contributed by atoms with Crippen LogP contribution in [0.1, 0.15) is 168 Å². The number of allylic oxidation sites excluding steroid dienone is 6. The fraction of sp³-hybridized carbons (Fsp3) is 0.756. The lowest BCUT2D eigenvalue weighted by Crippen LogP contribution is -2.29. The van der Waals surface area contributed by atoms with E-state index >= 15 is 0 Å². The lowest BCUT2D eigenvalue weighted by Gasteiger charge is -2.18. The first-order chi connectivity index (χ1) is 24.7. The van der Waals surface area contributed by atoms with Crippen molar-refractivity contribution in [3.8, 4) is 0 Å². The largest absolute Gasteiger partial charge is 0.469 e. The third kappa shape index (κ3) is 32.4. The van der Waals surface area contributed by atoms with Crippen molar-refractivity contribution in [1.29, 1.82) is 0 Å². The molecule has 9 nitrogen and oxygen atoms in total. The molecule has 0 amide bonds. The second-order valence-electron chi connectivity index (χ2n) is 13.6. The SMILES string of the molecule is CCCCC/C=C\C/C=C\CC1OC1C/C=C\CCCC(=O)O[C@H](COC(=O)CCCCCCCCC/C=C\CCCCCC)COP(=O)(O)O. The van der Waals surface area contributed by atoms with Gasteiger partial charge in [-0.05, 0) is 77.0 Å². The minimum Gasteiger partial charge on any atom is -0.462 e. The molecule has 0 aliphatic carbocycles. The van der Waals surface area contributed by atoms with Crippen LogP contribution in [0.4, 0.5) is 0 Å². The summed E-state index contributed by atoms with van der Waals surface area (Å²) in [7, 11) is -4.77. The third-order valence-corrected chi connectivity index (χ3v) is 9.21. The quantitative estimate of drug-likeness (QED) is 0.0214. The summed E-state index contributed by atoms with van der Waals surface area (Å²) in [4.78, 5) is 42.8. The number of epoxide rings is 1. The maximum Gasteiger partial charge on any atom is 0.469 e. The molecular formula is C41H71O9P. The Morgan fingerprint density at radius 2 is 1.08 bits per heavy atom. The molecule has 1 saturated heterocycles. The molecule has 0 bridgehead atoms. The molecule has 0 aromatic heterocycles. The summed E-state index contributed by atoms with van der Waals surface area (Å²) >= 11 is 0. The van der Waals surface area contributed by atoms with Crippen LogP contribution < -0.4 is 0 Å². The lowest BCUT2D eigenvalue weighted by atomic mass is 10.1. The van der Waals surface area contributed by atoms with E-state index in [1.807, 2.05) is 6.08 Å². The number of carbonyl (C=O) groups is 2. The molecule has 10 heteroatoms. The Morgan fingerprint density at radius 3 is 1.73 bits per heavy atom. The van der Waals surface area contributed by atoms with Crippen LogP contribution in [-0.4, -0.2) is 53.3 Å². The molecule has 0 spiro atoms. The summed E-state index contributed by atoms with van der Waals surface area (Å²) in [6.45, 7) is 3.57. The first-order valence-corrected chi connectivity index (χ1v) is 21.6. The molecule has 2 N–H and O–H groups in total. The molecule has 0 aromatic carbocycles. The highest BCUT2D eigenvalue weighted by Crippen LogP contribution is 2.36. The van der Waals surface area contributed by atoms with Crippen molar-refractivity contribution in [2.24, 2.45) is 0 Å². The number of esters is 2. The van der Waals surface area contributed by atoms with Crippen molar-refractivity contribution in [3.05, 3.63) is 48.6 Å². The first-order valence-electron chi connectivity index (χ1n) is 20.1. The van der Waals surface area contributed by atoms with E-state index in [0.29, 0.717) is 19.3 Å². The normalized spacial score (nSPS) is 16.9. The first kappa shape index (κ1) is 47.0. The van der Waals surface area contributed by atoms with Crippen molar-refractivity contribution in [2.75, 3.05) is 13.2 Å². The summed E-state index contributed by atoms with van der Waals surface area (Å²) in [5.41, 5.74) is 0. The van der Waals surface area contributed by atoms with Crippen molar-refractivity contribution in [1.82, 2.24) is 0 Å². The van der Waals surface area contributed by atoms with Gasteiger partial charge >= 0.3 is 19.8 Å². The van der Waals surface area contributed by atoms with Crippen LogP contribution >= 0.6 is 7.82 Å². The highest BCUT2D eigenvalue weighted by molar-refractivity contribution is 7.46. The number of hydrogen-bond donors (Lipinski definition) is 2. The lowest BCUT2D eigenvalue weighted by molar-refractivity contribution is -0.161. The summed E-state index contributed by atoms with van der Waals surface area (Å²) in [5, 5.41) is 0. The van der Waals surface area contributed by atoms with Gasteiger partial charge in [0.2, 0.25) is 0 Å². The van der Waals surface area contributed by atoms with Gasteiger partial charge in [-0.15, -0.1) is 0 Å². The Bertz CT molecular complexity index is 1030. The molecule has 1 aliphatic rings. The van der Waals surface area contributed by atoms with E-state index in [0.717, 1.165) is 51.4 Å². The maximum atomic E-state index is 12.4. The Morgan fingerprint density at radius 1 is 0.608 bits per heavy atom. The second kappa shape index (κ2) is 32.6. The van der Waals surface area contributed by atoms with Crippen LogP contribution in [0.2, 0.25) is 0 Å². The van der Waals surface area contributed by atoms with Crippen molar-refractivity contribution in [2.45, 2.75) is 186 Å². The van der Waals surface area contributed by atoms with Gasteiger partial charge in [-0.2, -0.15) is 0 Å². The minimum atomic E-state index is -4.77. The standard InChI is InChI=1S/C41H71O9P/c1-3-5-7-9-11-13-14-15-16-17-18-20-22-24-29-33-40(42)47-35-37(36-48-51(44,45)46)49-41(43)34-30-26-25-28-32-39-38(50-39)31-27-23-21-19-12-10-8-6-4-2/h12-14,19,23,25,27-28,37-39H,3-11,15-18,20-22,24,26,29-36H2,1-2H3,(H2,44,45,46)/b14-13-,19-12-,27-23-,28-25-/t37-,38?,39?/m1/s1. The van der Waals surface area contributed by atoms with Gasteiger partial charge in [0, 0.05) is 12.8 Å². The number of phosphoric ester groups is 1. The van der Waals surface area contributed by atoms with Gasteiger partial charge in [-0.3, -0.25) is 14.1 Å². The summed E-state index contributed by atoms with van der Waals surface area (Å²) in [6.07, 6.45) is 41.4. The maximum absolute atomic E-state index is 12.4. The third-order valence-electron chi connectivity index (χ3n) is 8.72. The van der Waals surface area contributed by atoms with E-state index in [-0.39, 0.29) is 31.7 Å². The molecule has 0 saturated carbocycles. The fourth-order valence-electron chi connectivity index (χ4n) is 5.58. The molecule has 51 heavy (non-hydrogen) atoms. The summed E-state index contributed by atoms with van der Waals surface area (Å²) in [6, 6.07) is 0. The fourth-order valence-corrected chi connectivity index (χ4v) is 5.94. The molecule has 1 fully saturated rings. The van der Waals surface area contributed by atoms with Gasteiger partial charge in [0.25, 0.3) is 0 Å². The van der Waals surface area contributed by atoms with E-state index < -0.39 is 32.5 Å². The zero-order valence-corrected chi connectivity index (χ0v) is 32.8. The Kier molecular flexibility index (Phi) is 30.0. The van der Waals surface area contributed by atoms with Crippen LogP contribution in [0.3, 0.4) is 0 Å². The Balaban J connectivity index is 2.14. The van der Waals surface area contributed by atoms with E-state index in [1.54, 1.807) is 0 Å². The van der Waals surface area contributed by atoms with Gasteiger partial charge in [0.15, 0.2) is 6.10 Å². The van der Waals surface area contributed by atoms with Crippen molar-refractivity contribution in [3.63, 3.8) is 0 Å². The average molecular weight is 739 g/mol. The molecule has 1 rings (SSSR count). The molecule has 1 aliphatic heterocycles. The van der Waals surface area contributed by atoms with E-state index in [1.165, 1.54) is 70.6 Å². The smallest absolute Gasteiger partial charge is 0.462 e. The zero-order valence-electron chi connectivity index (χ0n) is 31.9. The van der Waals surface area contributed by atoms with Crippen molar-refractivity contribution >= 4 is 19.8 Å². The second-order valence-corrected chi connectivity index (χ2v) is 14.9. The average Bonchev–Trinajstić information content (AvgIpc) is 3.85. The number of phosphoric acid groups is 1. The van der Waals surface area contributed by atoms with Gasteiger partial charge in [-0.25, -0.2) is 4.57 Å². The van der Waals surface area contributed by atoms with Gasteiger partial charge in [-0.1, -0.05) is 127 Å². The number of hydrogen-bond acceptors (Lipinski definition) is 7. The van der Waals surface area contributed by atoms with Gasteiger partial charge < -0.3 is 24.0 Å². The molecule has 0 radical (unpaired) electrons. The molecule has 294 valence electrons. The number of rotatable bonds is 35. The van der Waals surface area contributed by atoms with Crippen LogP contribution in [-0.2, 0) is 32.9 Å². The van der Waals surface area contributed by atoms with Crippen LogP contribution in [0, 0.1) is 0 Å². The monoisotopic (exact) mass is 738 g/mol. The molecule has 3 atom stereocenters. The molecule has 0 aromatic rings. The van der Waals surface area contributed by atoms with Gasteiger partial charge in [0.05, 0.1) is 18.8 Å². The van der Waals surface area contributed by atoms with Crippen LogP contribution in [0.25, 0.3) is 0 Å². The number of unbranched alkanes of at least 4 members (excludes halogenated alkanes) is 15. The predicted octanol–water partition coefficient (Wildman–Crippen LogP) is 10.9. The van der Waals surface area contributed by atoms with Crippen LogP contribution in [0.15, 0.2) is 48.6 Å². The number of carbonyl (C=O) groups excluding carboxylic acids is 2. The zero-order chi connectivity index (χ0) is 37.3. The summed E-state index contributed by atoms with van der Waals surface area (Å²) in [5.74, 6) is -0.965.